The number of rotatable bonds is 3. The number of aromatic nitrogens is 1. The fraction of sp³-hybridized carbons (Fsp3) is 0.0556. The van der Waals surface area contributed by atoms with E-state index in [9.17, 15) is 5.11 Å². The lowest BCUT2D eigenvalue weighted by Crippen LogP contribution is -1.98. The van der Waals surface area contributed by atoms with Crippen LogP contribution in [0.3, 0.4) is 0 Å². The van der Waals surface area contributed by atoms with Crippen molar-refractivity contribution in [2.24, 2.45) is 0 Å². The molecule has 0 radical (unpaired) electrons. The molecule has 3 aromatic rings. The van der Waals surface area contributed by atoms with Gasteiger partial charge in [0.05, 0.1) is 48.1 Å². The Hall–Kier alpha value is -0.710. The molecular formula is C18H9Cl6NO. The zero-order valence-corrected chi connectivity index (χ0v) is 17.4. The van der Waals surface area contributed by atoms with Gasteiger partial charge in [0.2, 0.25) is 0 Å². The van der Waals surface area contributed by atoms with Gasteiger partial charge in [-0.2, -0.15) is 0 Å². The maximum absolute atomic E-state index is 9.82. The third-order valence-corrected chi connectivity index (χ3v) is 5.98. The van der Waals surface area contributed by atoms with Crippen LogP contribution < -0.4 is 0 Å². The third kappa shape index (κ3) is 3.65. The van der Waals surface area contributed by atoms with Gasteiger partial charge in [0.1, 0.15) is 0 Å². The van der Waals surface area contributed by atoms with Crippen molar-refractivity contribution < 1.29 is 5.11 Å². The van der Waals surface area contributed by atoms with Crippen LogP contribution in [-0.4, -0.2) is 10.1 Å². The molecule has 0 unspecified atom stereocenters. The predicted octanol–water partition coefficient (Wildman–Crippen LogP) is 7.83. The molecule has 0 spiro atoms. The molecule has 0 amide bonds. The first-order chi connectivity index (χ1) is 12.3. The summed E-state index contributed by atoms with van der Waals surface area (Å²) >= 11 is 37.3. The smallest absolute Gasteiger partial charge is 0.0859 e. The van der Waals surface area contributed by atoms with E-state index in [-0.39, 0.29) is 16.7 Å². The summed E-state index contributed by atoms with van der Waals surface area (Å²) in [6.07, 6.45) is 0. The Bertz CT molecular complexity index is 1010. The van der Waals surface area contributed by atoms with Crippen LogP contribution >= 0.6 is 69.6 Å². The second kappa shape index (κ2) is 8.12. The SMILES string of the molecule is OCc1nc(-c2c(Cl)ccc(Cl)c2Cl)ccc1-c1c(Cl)ccc(Cl)c1Cl. The molecule has 2 nitrogen and oxygen atoms in total. The minimum Gasteiger partial charge on any atom is -0.390 e. The zero-order valence-electron chi connectivity index (χ0n) is 12.8. The first kappa shape index (κ1) is 20.0. The van der Waals surface area contributed by atoms with Crippen LogP contribution in [-0.2, 0) is 6.61 Å². The van der Waals surface area contributed by atoms with Crippen LogP contribution in [0.1, 0.15) is 5.69 Å². The summed E-state index contributed by atoms with van der Waals surface area (Å²) in [5.74, 6) is 0. The van der Waals surface area contributed by atoms with Crippen molar-refractivity contribution >= 4 is 69.6 Å². The van der Waals surface area contributed by atoms with Gasteiger partial charge < -0.3 is 5.11 Å². The molecule has 1 heterocycles. The molecule has 3 rings (SSSR count). The van der Waals surface area contributed by atoms with E-state index >= 15 is 0 Å². The summed E-state index contributed by atoms with van der Waals surface area (Å²) in [4.78, 5) is 4.47. The van der Waals surface area contributed by atoms with Gasteiger partial charge in [-0.05, 0) is 30.3 Å². The summed E-state index contributed by atoms with van der Waals surface area (Å²) in [5, 5.41) is 11.9. The van der Waals surface area contributed by atoms with Crippen molar-refractivity contribution in [3.05, 3.63) is 72.2 Å². The van der Waals surface area contributed by atoms with Gasteiger partial charge in [0.25, 0.3) is 0 Å². The number of hydrogen-bond donors (Lipinski definition) is 1. The van der Waals surface area contributed by atoms with E-state index in [1.807, 2.05) is 0 Å². The Labute approximate surface area is 180 Å². The molecule has 0 saturated heterocycles. The second-order valence-electron chi connectivity index (χ2n) is 5.29. The summed E-state index contributed by atoms with van der Waals surface area (Å²) < 4.78 is 0. The van der Waals surface area contributed by atoms with E-state index in [4.69, 9.17) is 69.6 Å². The normalized spacial score (nSPS) is 11.0. The number of aliphatic hydroxyl groups excluding tert-OH is 1. The molecule has 134 valence electrons. The number of nitrogens with zero attached hydrogens (tertiary/aromatic N) is 1. The summed E-state index contributed by atoms with van der Waals surface area (Å²) in [7, 11) is 0. The lowest BCUT2D eigenvalue weighted by atomic mass is 10.0. The number of aliphatic hydroxyl groups is 1. The number of pyridine rings is 1. The quantitative estimate of drug-likeness (QED) is 0.398. The van der Waals surface area contributed by atoms with Crippen LogP contribution in [0.15, 0.2) is 36.4 Å². The number of hydrogen-bond acceptors (Lipinski definition) is 2. The van der Waals surface area contributed by atoms with Gasteiger partial charge in [0, 0.05) is 16.7 Å². The Balaban J connectivity index is 2.23. The average Bonchev–Trinajstić information content (AvgIpc) is 2.63. The standard InChI is InChI=1S/C18H9Cl6NO/c19-9-2-4-11(21)17(23)15(9)8-1-6-13(25-14(8)7-26)16-10(20)3-5-12(22)18(16)24/h1-6,26H,7H2. The minimum absolute atomic E-state index is 0.280. The highest BCUT2D eigenvalue weighted by molar-refractivity contribution is 6.47. The fourth-order valence-corrected chi connectivity index (χ4v) is 3.98. The van der Waals surface area contributed by atoms with Crippen LogP contribution in [0.4, 0.5) is 0 Å². The van der Waals surface area contributed by atoms with Gasteiger partial charge >= 0.3 is 0 Å². The minimum atomic E-state index is -0.349. The van der Waals surface area contributed by atoms with Gasteiger partial charge in [-0.15, -0.1) is 0 Å². The highest BCUT2D eigenvalue weighted by Gasteiger charge is 2.19. The van der Waals surface area contributed by atoms with Crippen molar-refractivity contribution in [2.45, 2.75) is 6.61 Å². The Morgan fingerprint density at radius 2 is 1.15 bits per heavy atom. The third-order valence-electron chi connectivity index (χ3n) is 3.74. The van der Waals surface area contributed by atoms with Gasteiger partial charge in [0.15, 0.2) is 0 Å². The summed E-state index contributed by atoms with van der Waals surface area (Å²) in [6.45, 7) is -0.349. The molecule has 1 N–H and O–H groups in total. The van der Waals surface area contributed by atoms with Crippen LogP contribution in [0.2, 0.25) is 30.1 Å². The van der Waals surface area contributed by atoms with E-state index in [2.05, 4.69) is 4.98 Å². The molecule has 0 fully saturated rings. The van der Waals surface area contributed by atoms with Crippen LogP contribution in [0.5, 0.6) is 0 Å². The topological polar surface area (TPSA) is 33.1 Å². The maximum Gasteiger partial charge on any atom is 0.0859 e. The Morgan fingerprint density at radius 1 is 0.654 bits per heavy atom. The van der Waals surface area contributed by atoms with E-state index < -0.39 is 0 Å². The van der Waals surface area contributed by atoms with Crippen molar-refractivity contribution in [3.63, 3.8) is 0 Å². The lowest BCUT2D eigenvalue weighted by molar-refractivity contribution is 0.277. The van der Waals surface area contributed by atoms with Crippen LogP contribution in [0, 0.1) is 0 Å². The predicted molar refractivity (Wildman–Crippen MR) is 111 cm³/mol. The molecule has 2 aromatic carbocycles. The van der Waals surface area contributed by atoms with E-state index in [0.29, 0.717) is 48.2 Å². The molecule has 0 aliphatic rings. The molecule has 1 aromatic heterocycles. The molecule has 0 atom stereocenters. The molecule has 0 bridgehead atoms. The zero-order chi connectivity index (χ0) is 19.0. The van der Waals surface area contributed by atoms with E-state index in [1.54, 1.807) is 36.4 Å². The molecule has 0 aliphatic carbocycles. The van der Waals surface area contributed by atoms with E-state index in [0.717, 1.165) is 0 Å². The average molecular weight is 468 g/mol. The monoisotopic (exact) mass is 465 g/mol. The van der Waals surface area contributed by atoms with Gasteiger partial charge in [-0.3, -0.25) is 0 Å². The second-order valence-corrected chi connectivity index (χ2v) is 7.67. The fourth-order valence-electron chi connectivity index (χ4n) is 2.52. The number of benzene rings is 2. The summed E-state index contributed by atoms with van der Waals surface area (Å²) in [6, 6.07) is 9.88. The highest BCUT2D eigenvalue weighted by Crippen LogP contribution is 2.42. The van der Waals surface area contributed by atoms with Crippen molar-refractivity contribution in [3.8, 4) is 22.4 Å². The van der Waals surface area contributed by atoms with Crippen LogP contribution in [0.25, 0.3) is 22.4 Å². The molecule has 26 heavy (non-hydrogen) atoms. The number of halogens is 6. The molecular weight excluding hydrogens is 459 g/mol. The lowest BCUT2D eigenvalue weighted by Gasteiger charge is -2.14. The first-order valence-electron chi connectivity index (χ1n) is 7.23. The van der Waals surface area contributed by atoms with Crippen molar-refractivity contribution in [2.75, 3.05) is 0 Å². The largest absolute Gasteiger partial charge is 0.390 e. The Morgan fingerprint density at radius 3 is 1.73 bits per heavy atom. The van der Waals surface area contributed by atoms with Gasteiger partial charge in [-0.25, -0.2) is 4.98 Å². The first-order valence-corrected chi connectivity index (χ1v) is 9.50. The molecule has 0 saturated carbocycles. The van der Waals surface area contributed by atoms with Gasteiger partial charge in [-0.1, -0.05) is 75.7 Å². The maximum atomic E-state index is 9.82. The highest BCUT2D eigenvalue weighted by atomic mass is 35.5. The summed E-state index contributed by atoms with van der Waals surface area (Å²) in [5.41, 5.74) is 2.34. The Kier molecular flexibility index (Phi) is 6.25. The van der Waals surface area contributed by atoms with E-state index in [1.165, 1.54) is 0 Å². The van der Waals surface area contributed by atoms with Crippen molar-refractivity contribution in [1.29, 1.82) is 0 Å². The van der Waals surface area contributed by atoms with Crippen molar-refractivity contribution in [1.82, 2.24) is 4.98 Å². The molecule has 0 aliphatic heterocycles. The molecule has 8 heteroatoms.